The topological polar surface area (TPSA) is 25.2 Å². The first kappa shape index (κ1) is 12.3. The molecule has 3 rings (SSSR count). The third-order valence-electron chi connectivity index (χ3n) is 3.53. The molecule has 0 aliphatic heterocycles. The molecule has 2 aromatic rings. The summed E-state index contributed by atoms with van der Waals surface area (Å²) in [5.74, 6) is 1.79. The molecule has 4 heteroatoms. The van der Waals surface area contributed by atoms with Crippen molar-refractivity contribution in [3.63, 3.8) is 0 Å². The van der Waals surface area contributed by atoms with E-state index in [1.165, 1.54) is 17.7 Å². The molecule has 0 radical (unpaired) electrons. The molecule has 0 bridgehead atoms. The monoisotopic (exact) mass is 281 g/mol. The number of furan rings is 1. The molecule has 1 aliphatic carbocycles. The van der Waals surface area contributed by atoms with Crippen LogP contribution in [-0.2, 0) is 0 Å². The third-order valence-corrected chi connectivity index (χ3v) is 4.83. The van der Waals surface area contributed by atoms with Gasteiger partial charge in [-0.2, -0.15) is 0 Å². The molecular formula is C14H16ClNOS. The maximum atomic E-state index is 6.03. The Morgan fingerprint density at radius 3 is 2.94 bits per heavy atom. The standard InChI is InChI=1S/C14H16ClNOS/c1-2-9-8-10(9)16-14(11-4-3-7-17-11)12-5-6-13(15)18-12/h3-7,9-10,14,16H,2,8H2,1H3. The van der Waals surface area contributed by atoms with Gasteiger partial charge in [0.1, 0.15) is 11.8 Å². The van der Waals surface area contributed by atoms with Crippen LogP contribution in [0.3, 0.4) is 0 Å². The van der Waals surface area contributed by atoms with Crippen molar-refractivity contribution in [2.75, 3.05) is 0 Å². The number of rotatable bonds is 5. The third kappa shape index (κ3) is 2.48. The van der Waals surface area contributed by atoms with Crippen LogP contribution in [0.4, 0.5) is 0 Å². The molecule has 1 fully saturated rings. The summed E-state index contributed by atoms with van der Waals surface area (Å²) < 4.78 is 6.38. The van der Waals surface area contributed by atoms with E-state index in [2.05, 4.69) is 18.3 Å². The van der Waals surface area contributed by atoms with E-state index in [0.717, 1.165) is 16.0 Å². The summed E-state index contributed by atoms with van der Waals surface area (Å²) in [4.78, 5) is 1.22. The van der Waals surface area contributed by atoms with E-state index < -0.39 is 0 Å². The molecule has 0 spiro atoms. The summed E-state index contributed by atoms with van der Waals surface area (Å²) in [6.07, 6.45) is 4.24. The second kappa shape index (κ2) is 5.08. The van der Waals surface area contributed by atoms with Gasteiger partial charge in [-0.15, -0.1) is 11.3 Å². The lowest BCUT2D eigenvalue weighted by Crippen LogP contribution is -2.24. The molecule has 18 heavy (non-hydrogen) atoms. The molecule has 1 saturated carbocycles. The van der Waals surface area contributed by atoms with Gasteiger partial charge >= 0.3 is 0 Å². The molecule has 2 heterocycles. The van der Waals surface area contributed by atoms with Crippen LogP contribution in [0.15, 0.2) is 34.9 Å². The lowest BCUT2D eigenvalue weighted by atomic mass is 10.2. The molecule has 0 amide bonds. The number of thiophene rings is 1. The van der Waals surface area contributed by atoms with E-state index in [1.807, 2.05) is 18.2 Å². The Labute approximate surface area is 116 Å². The second-order valence-electron chi connectivity index (χ2n) is 4.77. The predicted molar refractivity (Wildman–Crippen MR) is 75.2 cm³/mol. The van der Waals surface area contributed by atoms with Crippen molar-refractivity contribution in [1.29, 1.82) is 0 Å². The minimum Gasteiger partial charge on any atom is -0.467 e. The van der Waals surface area contributed by atoms with E-state index in [0.29, 0.717) is 6.04 Å². The number of halogens is 1. The first-order valence-corrected chi connectivity index (χ1v) is 7.52. The highest BCUT2D eigenvalue weighted by molar-refractivity contribution is 7.16. The largest absolute Gasteiger partial charge is 0.467 e. The van der Waals surface area contributed by atoms with Gasteiger partial charge in [-0.25, -0.2) is 0 Å². The molecule has 2 aromatic heterocycles. The summed E-state index contributed by atoms with van der Waals surface area (Å²) in [6.45, 7) is 2.25. The normalized spacial score (nSPS) is 24.1. The quantitative estimate of drug-likeness (QED) is 0.875. The van der Waals surface area contributed by atoms with Crippen LogP contribution in [0.2, 0.25) is 4.34 Å². The van der Waals surface area contributed by atoms with Gasteiger partial charge in [0.15, 0.2) is 0 Å². The molecule has 1 aliphatic rings. The zero-order valence-corrected chi connectivity index (χ0v) is 11.8. The highest BCUT2D eigenvalue weighted by atomic mass is 35.5. The molecule has 0 aromatic carbocycles. The highest BCUT2D eigenvalue weighted by Gasteiger charge is 2.37. The Morgan fingerprint density at radius 2 is 2.39 bits per heavy atom. The maximum Gasteiger partial charge on any atom is 0.126 e. The van der Waals surface area contributed by atoms with Crippen LogP contribution in [0.5, 0.6) is 0 Å². The molecular weight excluding hydrogens is 266 g/mol. The van der Waals surface area contributed by atoms with Crippen LogP contribution < -0.4 is 5.32 Å². The van der Waals surface area contributed by atoms with Crippen molar-refractivity contribution in [3.8, 4) is 0 Å². The maximum absolute atomic E-state index is 6.03. The van der Waals surface area contributed by atoms with Crippen LogP contribution in [0, 0.1) is 5.92 Å². The predicted octanol–water partition coefficient (Wildman–Crippen LogP) is 4.47. The molecule has 3 atom stereocenters. The van der Waals surface area contributed by atoms with Crippen molar-refractivity contribution < 1.29 is 4.42 Å². The lowest BCUT2D eigenvalue weighted by molar-refractivity contribution is 0.441. The summed E-state index contributed by atoms with van der Waals surface area (Å²) in [6, 6.07) is 8.74. The Balaban J connectivity index is 1.80. The SMILES string of the molecule is CCC1CC1NC(c1ccco1)c1ccc(Cl)s1. The van der Waals surface area contributed by atoms with Crippen molar-refractivity contribution in [1.82, 2.24) is 5.32 Å². The fourth-order valence-electron chi connectivity index (χ4n) is 2.36. The van der Waals surface area contributed by atoms with E-state index >= 15 is 0 Å². The number of hydrogen-bond donors (Lipinski definition) is 1. The summed E-state index contributed by atoms with van der Waals surface area (Å²) in [5, 5.41) is 3.68. The van der Waals surface area contributed by atoms with Gasteiger partial charge in [-0.1, -0.05) is 24.9 Å². The van der Waals surface area contributed by atoms with Gasteiger partial charge in [0.25, 0.3) is 0 Å². The van der Waals surface area contributed by atoms with Crippen LogP contribution in [-0.4, -0.2) is 6.04 Å². The molecule has 96 valence electrons. The zero-order chi connectivity index (χ0) is 12.5. The average molecular weight is 282 g/mol. The molecule has 0 saturated heterocycles. The van der Waals surface area contributed by atoms with Gasteiger partial charge in [-0.3, -0.25) is 5.32 Å². The molecule has 2 nitrogen and oxygen atoms in total. The van der Waals surface area contributed by atoms with E-state index in [4.69, 9.17) is 16.0 Å². The average Bonchev–Trinajstić information content (AvgIpc) is 2.80. The van der Waals surface area contributed by atoms with E-state index in [9.17, 15) is 0 Å². The number of nitrogens with one attached hydrogen (secondary N) is 1. The van der Waals surface area contributed by atoms with E-state index in [-0.39, 0.29) is 6.04 Å². The Morgan fingerprint density at radius 1 is 1.50 bits per heavy atom. The zero-order valence-electron chi connectivity index (χ0n) is 10.2. The van der Waals surface area contributed by atoms with E-state index in [1.54, 1.807) is 17.6 Å². The molecule has 1 N–H and O–H groups in total. The lowest BCUT2D eigenvalue weighted by Gasteiger charge is -2.15. The minimum atomic E-state index is 0.138. The van der Waals surface area contributed by atoms with Crippen molar-refractivity contribution in [3.05, 3.63) is 45.5 Å². The van der Waals surface area contributed by atoms with Crippen molar-refractivity contribution >= 4 is 22.9 Å². The van der Waals surface area contributed by atoms with Crippen molar-refractivity contribution in [2.45, 2.75) is 31.8 Å². The minimum absolute atomic E-state index is 0.138. The fourth-order valence-corrected chi connectivity index (χ4v) is 3.49. The van der Waals surface area contributed by atoms with Crippen LogP contribution >= 0.6 is 22.9 Å². The fraction of sp³-hybridized carbons (Fsp3) is 0.429. The van der Waals surface area contributed by atoms with Gasteiger partial charge in [0.05, 0.1) is 10.6 Å². The van der Waals surface area contributed by atoms with Crippen molar-refractivity contribution in [2.24, 2.45) is 5.92 Å². The van der Waals surface area contributed by atoms with Gasteiger partial charge in [0.2, 0.25) is 0 Å². The van der Waals surface area contributed by atoms with Gasteiger partial charge < -0.3 is 4.42 Å². The first-order chi connectivity index (χ1) is 8.78. The Bertz CT molecular complexity index is 508. The van der Waals surface area contributed by atoms with Crippen LogP contribution in [0.25, 0.3) is 0 Å². The molecule has 3 unspecified atom stereocenters. The van der Waals surface area contributed by atoms with Crippen LogP contribution in [0.1, 0.15) is 36.4 Å². The Kier molecular flexibility index (Phi) is 3.46. The summed E-state index contributed by atoms with van der Waals surface area (Å²) in [5.41, 5.74) is 0. The summed E-state index contributed by atoms with van der Waals surface area (Å²) >= 11 is 7.65. The second-order valence-corrected chi connectivity index (χ2v) is 6.51. The van der Waals surface area contributed by atoms with Gasteiger partial charge in [-0.05, 0) is 36.6 Å². The number of hydrogen-bond acceptors (Lipinski definition) is 3. The summed E-state index contributed by atoms with van der Waals surface area (Å²) in [7, 11) is 0. The smallest absolute Gasteiger partial charge is 0.126 e. The Hall–Kier alpha value is -0.770. The van der Waals surface area contributed by atoms with Gasteiger partial charge in [0, 0.05) is 10.9 Å². The first-order valence-electron chi connectivity index (χ1n) is 6.32. The highest BCUT2D eigenvalue weighted by Crippen LogP contribution is 2.38.